The number of aliphatic imine (C=N–C) groups is 1. The van der Waals surface area contributed by atoms with Gasteiger partial charge in [0.05, 0.1) is 23.5 Å². The van der Waals surface area contributed by atoms with E-state index in [4.69, 9.17) is 11.5 Å². The Kier molecular flexibility index (Phi) is 3.55. The fourth-order valence-electron chi connectivity index (χ4n) is 2.87. The number of anilines is 1. The van der Waals surface area contributed by atoms with Crippen molar-refractivity contribution in [1.29, 1.82) is 0 Å². The normalized spacial score (nSPS) is 21.1. The van der Waals surface area contributed by atoms with Crippen LogP contribution < -0.4 is 11.5 Å². The molecule has 1 atom stereocenters. The number of guanidine groups is 1. The van der Waals surface area contributed by atoms with E-state index in [-0.39, 0.29) is 24.0 Å². The number of hydrogen-bond acceptors (Lipinski definition) is 5. The van der Waals surface area contributed by atoms with Crippen LogP contribution in [0, 0.1) is 5.82 Å². The summed E-state index contributed by atoms with van der Waals surface area (Å²) in [5.41, 5.74) is 12.8. The first kappa shape index (κ1) is 16.0. The maximum Gasteiger partial charge on any atom is 0.231 e. The van der Waals surface area contributed by atoms with Crippen molar-refractivity contribution in [2.24, 2.45) is 17.8 Å². The lowest BCUT2D eigenvalue weighted by molar-refractivity contribution is -0.128. The number of nitrogens with zero attached hydrogens (tertiary/aromatic N) is 4. The van der Waals surface area contributed by atoms with E-state index in [9.17, 15) is 9.18 Å². The van der Waals surface area contributed by atoms with Crippen LogP contribution in [-0.2, 0) is 17.4 Å². The van der Waals surface area contributed by atoms with Crippen LogP contribution in [0.15, 0.2) is 29.3 Å². The minimum absolute atomic E-state index is 0.0580. The van der Waals surface area contributed by atoms with E-state index in [1.54, 1.807) is 24.8 Å². The quantitative estimate of drug-likeness (QED) is 0.808. The second-order valence-electron chi connectivity index (χ2n) is 6.15. The molecule has 24 heavy (non-hydrogen) atoms. The first-order valence-electron chi connectivity index (χ1n) is 7.43. The van der Waals surface area contributed by atoms with E-state index in [0.717, 1.165) is 5.69 Å². The van der Waals surface area contributed by atoms with Crippen molar-refractivity contribution in [1.82, 2.24) is 14.7 Å². The molecule has 1 amide bonds. The molecule has 7 nitrogen and oxygen atoms in total. The molecule has 0 saturated heterocycles. The van der Waals surface area contributed by atoms with Gasteiger partial charge in [0.25, 0.3) is 0 Å². The molecule has 4 N–H and O–H groups in total. The summed E-state index contributed by atoms with van der Waals surface area (Å²) in [7, 11) is 3.36. The second-order valence-corrected chi connectivity index (χ2v) is 6.15. The molecule has 2 aromatic rings. The molecule has 0 radical (unpaired) electrons. The topological polar surface area (TPSA) is 103 Å². The van der Waals surface area contributed by atoms with Gasteiger partial charge in [0.1, 0.15) is 11.4 Å². The van der Waals surface area contributed by atoms with E-state index in [1.807, 2.05) is 13.0 Å². The number of aryl methyl sites for hydroxylation is 1. The van der Waals surface area contributed by atoms with Gasteiger partial charge in [-0.05, 0) is 31.2 Å². The Bertz CT molecular complexity index is 858. The van der Waals surface area contributed by atoms with Crippen LogP contribution in [-0.4, -0.2) is 33.6 Å². The predicted molar refractivity (Wildman–Crippen MR) is 89.4 cm³/mol. The van der Waals surface area contributed by atoms with Gasteiger partial charge in [-0.3, -0.25) is 14.4 Å². The number of nitrogen functional groups attached to an aromatic ring is 1. The number of carbonyl (C=O) groups is 1. The van der Waals surface area contributed by atoms with Crippen LogP contribution in [0.2, 0.25) is 0 Å². The van der Waals surface area contributed by atoms with Crippen molar-refractivity contribution in [2.75, 3.05) is 12.8 Å². The average molecular weight is 330 g/mol. The zero-order valence-electron chi connectivity index (χ0n) is 13.7. The Balaban J connectivity index is 2.06. The average Bonchev–Trinajstić information content (AvgIpc) is 2.90. The van der Waals surface area contributed by atoms with Crippen molar-refractivity contribution in [3.05, 3.63) is 35.8 Å². The number of rotatable bonds is 2. The van der Waals surface area contributed by atoms with Gasteiger partial charge in [-0.25, -0.2) is 9.38 Å². The molecule has 1 aliphatic rings. The summed E-state index contributed by atoms with van der Waals surface area (Å²) >= 11 is 0. The third-order valence-electron chi connectivity index (χ3n) is 4.30. The molecule has 1 aliphatic heterocycles. The summed E-state index contributed by atoms with van der Waals surface area (Å²) in [5.74, 6) is -0.415. The number of nitrogens with two attached hydrogens (primary N) is 2. The maximum absolute atomic E-state index is 13.3. The minimum Gasteiger partial charge on any atom is -0.396 e. The first-order chi connectivity index (χ1) is 11.2. The molecular formula is C16H19FN6O. The van der Waals surface area contributed by atoms with Crippen LogP contribution in [0.1, 0.15) is 19.0 Å². The third kappa shape index (κ3) is 2.49. The molecule has 0 saturated carbocycles. The van der Waals surface area contributed by atoms with Gasteiger partial charge in [0.15, 0.2) is 5.96 Å². The Morgan fingerprint density at radius 1 is 1.25 bits per heavy atom. The number of amides is 1. The van der Waals surface area contributed by atoms with E-state index in [0.29, 0.717) is 11.3 Å². The lowest BCUT2D eigenvalue weighted by atomic mass is 9.91. The fraction of sp³-hybridized carbons (Fsp3) is 0.312. The predicted octanol–water partition coefficient (Wildman–Crippen LogP) is 1.20. The molecular weight excluding hydrogens is 311 g/mol. The number of carbonyl (C=O) groups excluding carboxylic acids is 1. The minimum atomic E-state index is -0.806. The highest BCUT2D eigenvalue weighted by Crippen LogP contribution is 2.35. The molecule has 1 aromatic heterocycles. The van der Waals surface area contributed by atoms with Crippen LogP contribution in [0.5, 0.6) is 0 Å². The zero-order chi connectivity index (χ0) is 17.6. The van der Waals surface area contributed by atoms with Crippen molar-refractivity contribution in [3.63, 3.8) is 0 Å². The zero-order valence-corrected chi connectivity index (χ0v) is 13.7. The van der Waals surface area contributed by atoms with Crippen LogP contribution in [0.3, 0.4) is 0 Å². The first-order valence-corrected chi connectivity index (χ1v) is 7.43. The molecule has 0 unspecified atom stereocenters. The summed E-state index contributed by atoms with van der Waals surface area (Å²) in [4.78, 5) is 17.9. The Morgan fingerprint density at radius 2 is 1.96 bits per heavy atom. The maximum atomic E-state index is 13.3. The standard InChI is InChI=1S/C16H19FN6O/c1-16(8-14(24)22(2)15(19)20-16)13-7-12(21-23(13)3)9-4-5-10(17)11(18)6-9/h4-7H,8,18H2,1-3H3,(H2,19,20)/t16-/m0/s1. The molecule has 0 fully saturated rings. The van der Waals surface area contributed by atoms with E-state index >= 15 is 0 Å². The van der Waals surface area contributed by atoms with Crippen molar-refractivity contribution in [3.8, 4) is 11.3 Å². The fourth-order valence-corrected chi connectivity index (χ4v) is 2.87. The SMILES string of the molecule is CN1C(=O)C[C@@](C)(c2cc(-c3ccc(F)c(N)c3)nn2C)N=C1N. The lowest BCUT2D eigenvalue weighted by Gasteiger charge is -2.33. The van der Waals surface area contributed by atoms with Crippen molar-refractivity contribution < 1.29 is 9.18 Å². The van der Waals surface area contributed by atoms with Gasteiger partial charge in [-0.15, -0.1) is 0 Å². The largest absolute Gasteiger partial charge is 0.396 e. The smallest absolute Gasteiger partial charge is 0.231 e. The molecule has 126 valence electrons. The number of benzene rings is 1. The van der Waals surface area contributed by atoms with E-state index < -0.39 is 11.4 Å². The molecule has 8 heteroatoms. The highest BCUT2D eigenvalue weighted by atomic mass is 19.1. The van der Waals surface area contributed by atoms with Gasteiger partial charge >= 0.3 is 0 Å². The van der Waals surface area contributed by atoms with Crippen molar-refractivity contribution in [2.45, 2.75) is 18.9 Å². The Hall–Kier alpha value is -2.90. The molecule has 2 heterocycles. The summed E-state index contributed by atoms with van der Waals surface area (Å²) in [6.07, 6.45) is 0.189. The van der Waals surface area contributed by atoms with Gasteiger partial charge in [0, 0.05) is 19.7 Å². The summed E-state index contributed by atoms with van der Waals surface area (Å²) in [5, 5.41) is 4.44. The van der Waals surface area contributed by atoms with Gasteiger partial charge in [-0.1, -0.05) is 0 Å². The molecule has 0 aliphatic carbocycles. The monoisotopic (exact) mass is 330 g/mol. The van der Waals surface area contributed by atoms with Crippen LogP contribution in [0.4, 0.5) is 10.1 Å². The number of hydrogen-bond donors (Lipinski definition) is 2. The van der Waals surface area contributed by atoms with E-state index in [1.165, 1.54) is 17.0 Å². The van der Waals surface area contributed by atoms with Gasteiger partial charge in [-0.2, -0.15) is 5.10 Å². The van der Waals surface area contributed by atoms with Gasteiger partial charge < -0.3 is 11.5 Å². The highest BCUT2D eigenvalue weighted by molar-refractivity contribution is 5.98. The lowest BCUT2D eigenvalue weighted by Crippen LogP contribution is -2.48. The van der Waals surface area contributed by atoms with Crippen LogP contribution >= 0.6 is 0 Å². The Morgan fingerprint density at radius 3 is 2.58 bits per heavy atom. The molecule has 0 spiro atoms. The molecule has 0 bridgehead atoms. The Labute approximate surface area is 138 Å². The van der Waals surface area contributed by atoms with Crippen molar-refractivity contribution >= 4 is 17.6 Å². The number of halogens is 1. The second kappa shape index (κ2) is 5.33. The molecule has 3 rings (SSSR count). The number of aromatic nitrogens is 2. The summed E-state index contributed by atoms with van der Waals surface area (Å²) in [6, 6.07) is 6.26. The van der Waals surface area contributed by atoms with E-state index in [2.05, 4.69) is 10.1 Å². The van der Waals surface area contributed by atoms with Gasteiger partial charge in [0.2, 0.25) is 5.91 Å². The summed E-state index contributed by atoms with van der Waals surface area (Å²) < 4.78 is 15.0. The molecule has 1 aromatic carbocycles. The summed E-state index contributed by atoms with van der Waals surface area (Å²) in [6.45, 7) is 1.84. The van der Waals surface area contributed by atoms with Crippen LogP contribution in [0.25, 0.3) is 11.3 Å². The highest BCUT2D eigenvalue weighted by Gasteiger charge is 2.38. The third-order valence-corrected chi connectivity index (χ3v) is 4.30.